The van der Waals surface area contributed by atoms with Crippen LogP contribution >= 0.6 is 0 Å². The molecule has 0 saturated heterocycles. The minimum absolute atomic E-state index is 0.114. The molecule has 0 radical (unpaired) electrons. The first-order chi connectivity index (χ1) is 15.0. The minimum Gasteiger partial charge on any atom is -0.294 e. The Kier molecular flexibility index (Phi) is 4.43. The summed E-state index contributed by atoms with van der Waals surface area (Å²) in [6.45, 7) is 3.95. The van der Waals surface area contributed by atoms with Gasteiger partial charge in [-0.25, -0.2) is 14.3 Å². The van der Waals surface area contributed by atoms with E-state index in [1.54, 1.807) is 10.6 Å². The number of aromatic nitrogens is 4. The Labute approximate surface area is 179 Å². The van der Waals surface area contributed by atoms with Gasteiger partial charge in [0.25, 0.3) is 0 Å². The van der Waals surface area contributed by atoms with Crippen molar-refractivity contribution in [1.82, 2.24) is 19.3 Å². The Morgan fingerprint density at radius 2 is 1.48 bits per heavy atom. The second-order valence-electron chi connectivity index (χ2n) is 8.43. The van der Waals surface area contributed by atoms with Crippen molar-refractivity contribution in [2.45, 2.75) is 26.7 Å². The molecule has 1 aliphatic carbocycles. The van der Waals surface area contributed by atoms with Crippen molar-refractivity contribution >= 4 is 5.78 Å². The average molecular weight is 410 g/mol. The molecule has 0 bridgehead atoms. The highest BCUT2D eigenvalue weighted by Gasteiger charge is 2.35. The number of hydrogen-bond acceptors (Lipinski definition) is 4. The molecule has 0 amide bonds. The van der Waals surface area contributed by atoms with E-state index in [0.717, 1.165) is 18.5 Å². The topological polar surface area (TPSA) is 69.8 Å². The summed E-state index contributed by atoms with van der Waals surface area (Å²) in [6.07, 6.45) is 1.47. The zero-order valence-corrected chi connectivity index (χ0v) is 17.4. The van der Waals surface area contributed by atoms with E-state index < -0.39 is 0 Å². The molecule has 0 unspecified atom stereocenters. The van der Waals surface area contributed by atoms with Gasteiger partial charge >= 0.3 is 5.69 Å². The van der Waals surface area contributed by atoms with Crippen molar-refractivity contribution in [3.8, 4) is 22.9 Å². The third-order valence-corrected chi connectivity index (χ3v) is 5.84. The van der Waals surface area contributed by atoms with Crippen molar-refractivity contribution < 1.29 is 4.79 Å². The van der Waals surface area contributed by atoms with Gasteiger partial charge in [-0.1, -0.05) is 50.2 Å². The molecule has 2 heterocycles. The van der Waals surface area contributed by atoms with Crippen LogP contribution in [0.25, 0.3) is 22.9 Å². The van der Waals surface area contributed by atoms with Crippen molar-refractivity contribution in [2.24, 2.45) is 5.41 Å². The molecule has 0 aliphatic heterocycles. The van der Waals surface area contributed by atoms with Crippen LogP contribution in [0.5, 0.6) is 0 Å². The van der Waals surface area contributed by atoms with Crippen LogP contribution in [0.3, 0.4) is 0 Å². The van der Waals surface area contributed by atoms with Crippen molar-refractivity contribution in [3.05, 3.63) is 94.5 Å². The second-order valence-corrected chi connectivity index (χ2v) is 8.43. The number of ketones is 1. The molecule has 0 fully saturated rings. The molecule has 2 aromatic carbocycles. The SMILES string of the molecule is CC1(C)CCc2nc(-c3nn(-c4ccccc4)c(=O)n3-c3ccccc3)ccc2C1=O. The highest BCUT2D eigenvalue weighted by atomic mass is 16.2. The number of fused-ring (bicyclic) bond motifs is 1. The number of benzene rings is 2. The molecular formula is C25H22N4O2. The molecular weight excluding hydrogens is 388 g/mol. The number of para-hydroxylation sites is 2. The van der Waals surface area contributed by atoms with Gasteiger partial charge in [0.2, 0.25) is 0 Å². The maximum atomic E-state index is 13.4. The van der Waals surface area contributed by atoms with Crippen LogP contribution in [0, 0.1) is 5.41 Å². The predicted molar refractivity (Wildman–Crippen MR) is 119 cm³/mol. The summed E-state index contributed by atoms with van der Waals surface area (Å²) in [5.41, 5.74) is 2.74. The lowest BCUT2D eigenvalue weighted by Crippen LogP contribution is -2.31. The third-order valence-electron chi connectivity index (χ3n) is 5.84. The quantitative estimate of drug-likeness (QED) is 0.507. The fourth-order valence-corrected chi connectivity index (χ4v) is 4.01. The third kappa shape index (κ3) is 3.20. The fraction of sp³-hybridized carbons (Fsp3) is 0.200. The van der Waals surface area contributed by atoms with Gasteiger partial charge in [0, 0.05) is 11.0 Å². The molecule has 1 aliphatic rings. The molecule has 31 heavy (non-hydrogen) atoms. The molecule has 4 aromatic rings. The van der Waals surface area contributed by atoms with E-state index in [0.29, 0.717) is 28.5 Å². The van der Waals surface area contributed by atoms with Crippen LogP contribution < -0.4 is 5.69 Å². The van der Waals surface area contributed by atoms with Gasteiger partial charge in [0.15, 0.2) is 11.6 Å². The van der Waals surface area contributed by atoms with E-state index in [2.05, 4.69) is 5.10 Å². The number of carbonyl (C=O) groups is 1. The minimum atomic E-state index is -0.378. The molecule has 0 atom stereocenters. The number of rotatable bonds is 3. The summed E-state index contributed by atoms with van der Waals surface area (Å²) in [6, 6.07) is 22.3. The molecule has 6 heteroatoms. The predicted octanol–water partition coefficient (Wildman–Crippen LogP) is 4.24. The average Bonchev–Trinajstić information content (AvgIpc) is 3.14. The number of Topliss-reactive ketones (excluding diaryl/α,β-unsaturated/α-hetero) is 1. The Balaban J connectivity index is 1.71. The second kappa shape index (κ2) is 7.16. The maximum Gasteiger partial charge on any atom is 0.355 e. The number of nitrogens with zero attached hydrogens (tertiary/aromatic N) is 4. The normalized spacial score (nSPS) is 15.0. The largest absolute Gasteiger partial charge is 0.355 e. The van der Waals surface area contributed by atoms with Crippen LogP contribution in [-0.2, 0) is 6.42 Å². The van der Waals surface area contributed by atoms with Crippen LogP contribution in [0.1, 0.15) is 36.3 Å². The van der Waals surface area contributed by atoms with Crippen molar-refractivity contribution in [1.29, 1.82) is 0 Å². The first kappa shape index (κ1) is 19.2. The highest BCUT2D eigenvalue weighted by Crippen LogP contribution is 2.34. The highest BCUT2D eigenvalue weighted by molar-refractivity contribution is 6.02. The monoisotopic (exact) mass is 410 g/mol. The van der Waals surface area contributed by atoms with Crippen molar-refractivity contribution in [3.63, 3.8) is 0 Å². The lowest BCUT2D eigenvalue weighted by Gasteiger charge is -2.29. The van der Waals surface area contributed by atoms with Gasteiger partial charge in [-0.15, -0.1) is 5.10 Å². The van der Waals surface area contributed by atoms with E-state index >= 15 is 0 Å². The van der Waals surface area contributed by atoms with E-state index in [-0.39, 0.29) is 16.9 Å². The van der Waals surface area contributed by atoms with Gasteiger partial charge in [-0.2, -0.15) is 4.68 Å². The van der Waals surface area contributed by atoms with Crippen LogP contribution in [0.15, 0.2) is 77.6 Å². The summed E-state index contributed by atoms with van der Waals surface area (Å²) in [5, 5.41) is 4.64. The first-order valence-electron chi connectivity index (χ1n) is 10.3. The summed E-state index contributed by atoms with van der Waals surface area (Å²) in [4.78, 5) is 31.0. The van der Waals surface area contributed by atoms with Gasteiger partial charge in [0.1, 0.15) is 5.69 Å². The van der Waals surface area contributed by atoms with E-state index in [1.165, 1.54) is 4.68 Å². The molecule has 154 valence electrons. The first-order valence-corrected chi connectivity index (χ1v) is 10.3. The number of pyridine rings is 1. The molecule has 0 saturated carbocycles. The van der Waals surface area contributed by atoms with Crippen LogP contribution in [0.4, 0.5) is 0 Å². The molecule has 2 aromatic heterocycles. The number of carbonyl (C=O) groups excluding carboxylic acids is 1. The Hall–Kier alpha value is -3.80. The summed E-state index contributed by atoms with van der Waals surface area (Å²) >= 11 is 0. The zero-order valence-electron chi connectivity index (χ0n) is 17.4. The van der Waals surface area contributed by atoms with Crippen LogP contribution in [-0.4, -0.2) is 25.1 Å². The molecule has 0 N–H and O–H groups in total. The lowest BCUT2D eigenvalue weighted by molar-refractivity contribution is 0.0809. The Morgan fingerprint density at radius 1 is 0.839 bits per heavy atom. The molecule has 6 nitrogen and oxygen atoms in total. The van der Waals surface area contributed by atoms with Crippen LogP contribution in [0.2, 0.25) is 0 Å². The zero-order chi connectivity index (χ0) is 21.6. The molecule has 5 rings (SSSR count). The van der Waals surface area contributed by atoms with Gasteiger partial charge in [0.05, 0.1) is 17.1 Å². The summed E-state index contributed by atoms with van der Waals surface area (Å²) in [7, 11) is 0. The Bertz CT molecular complexity index is 1340. The number of aryl methyl sites for hydroxylation is 1. The summed E-state index contributed by atoms with van der Waals surface area (Å²) in [5.74, 6) is 0.559. The fourth-order valence-electron chi connectivity index (χ4n) is 4.01. The van der Waals surface area contributed by atoms with E-state index in [9.17, 15) is 9.59 Å². The lowest BCUT2D eigenvalue weighted by atomic mass is 9.75. The molecule has 0 spiro atoms. The summed E-state index contributed by atoms with van der Waals surface area (Å²) < 4.78 is 2.95. The number of hydrogen-bond donors (Lipinski definition) is 0. The van der Waals surface area contributed by atoms with Crippen molar-refractivity contribution in [2.75, 3.05) is 0 Å². The smallest absolute Gasteiger partial charge is 0.294 e. The standard InChI is InChI=1S/C25H22N4O2/c1-25(2)16-15-20-19(22(25)30)13-14-21(26-20)23-27-29(18-11-7-4-8-12-18)24(31)28(23)17-9-5-3-6-10-17/h3-14H,15-16H2,1-2H3. The van der Waals surface area contributed by atoms with Gasteiger partial charge in [-0.05, 0) is 49.2 Å². The van der Waals surface area contributed by atoms with E-state index in [1.807, 2.05) is 80.6 Å². The van der Waals surface area contributed by atoms with E-state index in [4.69, 9.17) is 4.98 Å². The maximum absolute atomic E-state index is 13.4. The van der Waals surface area contributed by atoms with Gasteiger partial charge in [-0.3, -0.25) is 4.79 Å². The van der Waals surface area contributed by atoms with Gasteiger partial charge < -0.3 is 0 Å². The Morgan fingerprint density at radius 3 is 2.16 bits per heavy atom.